The number of nitrogen functional groups attached to an aromatic ring is 1. The van der Waals surface area contributed by atoms with Crippen LogP contribution < -0.4 is 5.73 Å². The zero-order chi connectivity index (χ0) is 18.9. The van der Waals surface area contributed by atoms with Gasteiger partial charge >= 0.3 is 0 Å². The minimum Gasteiger partial charge on any atom is -0.424 e. The molecule has 0 unspecified atom stereocenters. The highest BCUT2D eigenvalue weighted by Gasteiger charge is 2.16. The molecular weight excluding hydrogens is 354 g/mol. The number of oxazole rings is 1. The summed E-state index contributed by atoms with van der Waals surface area (Å²) in [7, 11) is 0. The van der Waals surface area contributed by atoms with Crippen molar-refractivity contribution in [1.29, 1.82) is 0 Å². The number of hydrogen-bond donors (Lipinski definition) is 1. The lowest BCUT2D eigenvalue weighted by molar-refractivity contribution is 0.0358. The van der Waals surface area contributed by atoms with E-state index in [1.165, 1.54) is 5.56 Å². The van der Waals surface area contributed by atoms with Crippen LogP contribution in [0.4, 0.5) is 11.7 Å². The predicted octanol–water partition coefficient (Wildman–Crippen LogP) is 2.88. The maximum absolute atomic E-state index is 5.66. The zero-order valence-corrected chi connectivity index (χ0v) is 15.7. The third-order valence-electron chi connectivity index (χ3n) is 5.36. The van der Waals surface area contributed by atoms with E-state index in [1.807, 2.05) is 24.5 Å². The van der Waals surface area contributed by atoms with E-state index in [-0.39, 0.29) is 6.01 Å². The van der Waals surface area contributed by atoms with Crippen LogP contribution >= 0.6 is 0 Å². The molecule has 0 atom stereocenters. The average Bonchev–Trinajstić information content (AvgIpc) is 3.11. The normalized spacial score (nSPS) is 17.2. The Kier molecular flexibility index (Phi) is 4.46. The molecule has 0 bridgehead atoms. The van der Waals surface area contributed by atoms with Crippen LogP contribution in [0.5, 0.6) is 0 Å². The molecule has 2 aromatic carbocycles. The Labute approximate surface area is 163 Å². The lowest BCUT2D eigenvalue weighted by Crippen LogP contribution is -2.41. The molecule has 2 aliphatic rings. The second kappa shape index (κ2) is 7.26. The zero-order valence-electron chi connectivity index (χ0n) is 15.7. The summed E-state index contributed by atoms with van der Waals surface area (Å²) in [5.41, 5.74) is 11.7. The number of benzene rings is 2. The molecule has 7 heteroatoms. The summed E-state index contributed by atoms with van der Waals surface area (Å²) < 4.78 is 10.8. The topological polar surface area (TPSA) is 80.1 Å². The Hall–Kier alpha value is -2.90. The number of nitrogens with two attached hydrogens (primary N) is 1. The lowest BCUT2D eigenvalue weighted by Gasteiger charge is -2.30. The fourth-order valence-electron chi connectivity index (χ4n) is 3.78. The molecule has 3 heterocycles. The van der Waals surface area contributed by atoms with Crippen molar-refractivity contribution in [3.8, 4) is 11.1 Å². The van der Waals surface area contributed by atoms with E-state index in [0.29, 0.717) is 5.58 Å². The molecule has 2 N–H and O–H groups in total. The van der Waals surface area contributed by atoms with Crippen molar-refractivity contribution in [2.24, 2.45) is 4.99 Å². The van der Waals surface area contributed by atoms with E-state index in [2.05, 4.69) is 38.0 Å². The number of aromatic nitrogens is 1. The summed E-state index contributed by atoms with van der Waals surface area (Å²) in [6.07, 6.45) is 1.96. The molecule has 1 aromatic heterocycles. The number of aliphatic imine (C=N–C) groups is 1. The Morgan fingerprint density at radius 1 is 1.00 bits per heavy atom. The number of hydrogen-bond acceptors (Lipinski definition) is 7. The van der Waals surface area contributed by atoms with E-state index in [4.69, 9.17) is 14.9 Å². The fraction of sp³-hybridized carbons (Fsp3) is 0.333. The second-order valence-electron chi connectivity index (χ2n) is 7.25. The van der Waals surface area contributed by atoms with Gasteiger partial charge in [-0.05, 0) is 41.0 Å². The van der Waals surface area contributed by atoms with Gasteiger partial charge in [-0.25, -0.2) is 4.99 Å². The Morgan fingerprint density at radius 3 is 2.71 bits per heavy atom. The third kappa shape index (κ3) is 3.46. The first-order valence-corrected chi connectivity index (χ1v) is 9.62. The number of ether oxygens (including phenoxy) is 1. The van der Waals surface area contributed by atoms with E-state index in [0.717, 1.165) is 68.3 Å². The highest BCUT2D eigenvalue weighted by Crippen LogP contribution is 2.31. The smallest absolute Gasteiger partial charge is 0.292 e. The summed E-state index contributed by atoms with van der Waals surface area (Å²) in [5.74, 6) is 0. The minimum atomic E-state index is 0.197. The van der Waals surface area contributed by atoms with Crippen LogP contribution in [0.15, 0.2) is 45.8 Å². The summed E-state index contributed by atoms with van der Waals surface area (Å²) in [5, 5.41) is 0. The molecule has 0 saturated carbocycles. The van der Waals surface area contributed by atoms with E-state index in [9.17, 15) is 0 Å². The molecule has 1 fully saturated rings. The van der Waals surface area contributed by atoms with Gasteiger partial charge in [-0.15, -0.1) is 0 Å². The number of morpholine rings is 1. The maximum atomic E-state index is 5.66. The number of anilines is 1. The molecule has 0 radical (unpaired) electrons. The van der Waals surface area contributed by atoms with Gasteiger partial charge in [0.15, 0.2) is 5.58 Å². The molecule has 28 heavy (non-hydrogen) atoms. The first kappa shape index (κ1) is 17.2. The predicted molar refractivity (Wildman–Crippen MR) is 110 cm³/mol. The van der Waals surface area contributed by atoms with Gasteiger partial charge in [0.05, 0.1) is 25.2 Å². The Balaban J connectivity index is 1.33. The van der Waals surface area contributed by atoms with Gasteiger partial charge in [-0.2, -0.15) is 4.98 Å². The van der Waals surface area contributed by atoms with Crippen LogP contribution in [0.2, 0.25) is 0 Å². The molecule has 0 spiro atoms. The molecule has 0 aliphatic carbocycles. The highest BCUT2D eigenvalue weighted by atomic mass is 16.5. The lowest BCUT2D eigenvalue weighted by atomic mass is 10.0. The Morgan fingerprint density at radius 2 is 1.82 bits per heavy atom. The van der Waals surface area contributed by atoms with Gasteiger partial charge in [0.2, 0.25) is 0 Å². The molecule has 1 saturated heterocycles. The van der Waals surface area contributed by atoms with Gasteiger partial charge in [-0.3, -0.25) is 4.90 Å². The molecular formula is C21H23N5O2. The standard InChI is InChI=1S/C21H23N5O2/c22-21-24-19-12-16(2-4-20(19)28-21)15-1-3-18-17(11-15)13-26(14-23-18)6-5-25-7-9-27-10-8-25/h1-4,11-12,14H,5-10,13H2,(H2,22,24). The minimum absolute atomic E-state index is 0.197. The molecule has 3 aromatic rings. The SMILES string of the molecule is Nc1nc2cc(-c3ccc4c(c3)CN(CCN3CCOCC3)C=N4)ccc2o1. The average molecular weight is 377 g/mol. The van der Waals surface area contributed by atoms with Crippen LogP contribution in [0.1, 0.15) is 5.56 Å². The van der Waals surface area contributed by atoms with Gasteiger partial charge in [-0.1, -0.05) is 12.1 Å². The summed E-state index contributed by atoms with van der Waals surface area (Å²) in [6.45, 7) is 6.58. The first-order chi connectivity index (χ1) is 13.7. The number of nitrogens with zero attached hydrogens (tertiary/aromatic N) is 4. The number of rotatable bonds is 4. The first-order valence-electron chi connectivity index (χ1n) is 9.62. The summed E-state index contributed by atoms with van der Waals surface area (Å²) in [6, 6.07) is 12.6. The van der Waals surface area contributed by atoms with Crippen molar-refractivity contribution < 1.29 is 9.15 Å². The van der Waals surface area contributed by atoms with Crippen molar-refractivity contribution in [2.75, 3.05) is 45.1 Å². The van der Waals surface area contributed by atoms with Gasteiger partial charge in [0, 0.05) is 32.7 Å². The third-order valence-corrected chi connectivity index (χ3v) is 5.36. The van der Waals surface area contributed by atoms with Crippen molar-refractivity contribution in [3.63, 3.8) is 0 Å². The molecule has 0 amide bonds. The molecule has 2 aliphatic heterocycles. The van der Waals surface area contributed by atoms with Crippen LogP contribution in [-0.4, -0.2) is 60.5 Å². The van der Waals surface area contributed by atoms with E-state index >= 15 is 0 Å². The molecule has 5 rings (SSSR count). The largest absolute Gasteiger partial charge is 0.424 e. The second-order valence-corrected chi connectivity index (χ2v) is 7.25. The summed E-state index contributed by atoms with van der Waals surface area (Å²) >= 11 is 0. The van der Waals surface area contributed by atoms with E-state index in [1.54, 1.807) is 0 Å². The van der Waals surface area contributed by atoms with Gasteiger partial charge in [0.25, 0.3) is 6.01 Å². The Bertz CT molecular complexity index is 1020. The van der Waals surface area contributed by atoms with Gasteiger partial charge < -0.3 is 19.8 Å². The van der Waals surface area contributed by atoms with Crippen molar-refractivity contribution >= 4 is 29.1 Å². The van der Waals surface area contributed by atoms with Crippen molar-refractivity contribution in [1.82, 2.24) is 14.8 Å². The number of fused-ring (bicyclic) bond motifs is 2. The monoisotopic (exact) mass is 377 g/mol. The van der Waals surface area contributed by atoms with Gasteiger partial charge in [0.1, 0.15) is 5.52 Å². The summed E-state index contributed by atoms with van der Waals surface area (Å²) in [4.78, 5) is 13.6. The van der Waals surface area contributed by atoms with Crippen LogP contribution in [0.25, 0.3) is 22.2 Å². The molecule has 144 valence electrons. The fourth-order valence-corrected chi connectivity index (χ4v) is 3.78. The van der Waals surface area contributed by atoms with Crippen LogP contribution in [0, 0.1) is 0 Å². The quantitative estimate of drug-likeness (QED) is 0.753. The molecule has 7 nitrogen and oxygen atoms in total. The maximum Gasteiger partial charge on any atom is 0.292 e. The van der Waals surface area contributed by atoms with E-state index < -0.39 is 0 Å². The van der Waals surface area contributed by atoms with Crippen molar-refractivity contribution in [3.05, 3.63) is 42.0 Å². The van der Waals surface area contributed by atoms with Crippen molar-refractivity contribution in [2.45, 2.75) is 6.54 Å². The van der Waals surface area contributed by atoms with Crippen LogP contribution in [0.3, 0.4) is 0 Å². The van der Waals surface area contributed by atoms with Crippen LogP contribution in [-0.2, 0) is 11.3 Å². The highest BCUT2D eigenvalue weighted by molar-refractivity contribution is 5.82.